The lowest BCUT2D eigenvalue weighted by Crippen LogP contribution is -2.45. The van der Waals surface area contributed by atoms with E-state index in [9.17, 15) is 9.59 Å². The summed E-state index contributed by atoms with van der Waals surface area (Å²) >= 11 is 0. The van der Waals surface area contributed by atoms with Crippen LogP contribution in [-0.2, 0) is 4.79 Å². The standard InChI is InChI=1S/C22H29N3O2/c1-2-3-4-7-14-23-21(26)18-10-8-15-25(16-18)22(27)20-13-12-17-9-5-6-11-19(17)24-20/h5-6,9,11-13,18H,2-4,7-8,10,14-16H2,1H3,(H,23,26)/t18-/m0/s1. The summed E-state index contributed by atoms with van der Waals surface area (Å²) in [5.41, 5.74) is 1.27. The molecular weight excluding hydrogens is 338 g/mol. The average molecular weight is 367 g/mol. The van der Waals surface area contributed by atoms with Crippen LogP contribution >= 0.6 is 0 Å². The first kappa shape index (κ1) is 19.3. The smallest absolute Gasteiger partial charge is 0.272 e. The van der Waals surface area contributed by atoms with E-state index in [1.165, 1.54) is 12.8 Å². The minimum Gasteiger partial charge on any atom is -0.356 e. The van der Waals surface area contributed by atoms with Crippen LogP contribution < -0.4 is 5.32 Å². The Hall–Kier alpha value is -2.43. The van der Waals surface area contributed by atoms with Crippen LogP contribution in [0.1, 0.15) is 55.9 Å². The van der Waals surface area contributed by atoms with Crippen molar-refractivity contribution in [2.45, 2.75) is 45.4 Å². The first-order chi connectivity index (χ1) is 13.2. The van der Waals surface area contributed by atoms with E-state index in [4.69, 9.17) is 0 Å². The molecule has 1 aromatic heterocycles. The van der Waals surface area contributed by atoms with Crippen molar-refractivity contribution in [3.05, 3.63) is 42.1 Å². The normalized spacial score (nSPS) is 17.1. The number of hydrogen-bond acceptors (Lipinski definition) is 3. The Labute approximate surface area is 161 Å². The molecule has 1 N–H and O–H groups in total. The highest BCUT2D eigenvalue weighted by atomic mass is 16.2. The number of benzene rings is 1. The predicted octanol–water partition coefficient (Wildman–Crippen LogP) is 3.78. The van der Waals surface area contributed by atoms with E-state index >= 15 is 0 Å². The van der Waals surface area contributed by atoms with Gasteiger partial charge >= 0.3 is 0 Å². The van der Waals surface area contributed by atoms with E-state index < -0.39 is 0 Å². The molecule has 1 atom stereocenters. The highest BCUT2D eigenvalue weighted by Gasteiger charge is 2.29. The first-order valence-electron chi connectivity index (χ1n) is 10.1. The number of nitrogens with one attached hydrogen (secondary N) is 1. The van der Waals surface area contributed by atoms with Gasteiger partial charge in [0, 0.05) is 25.0 Å². The Morgan fingerprint density at radius 1 is 1.15 bits per heavy atom. The van der Waals surface area contributed by atoms with Gasteiger partial charge in [0.25, 0.3) is 5.91 Å². The number of rotatable bonds is 7. The van der Waals surface area contributed by atoms with Crippen LogP contribution in [-0.4, -0.2) is 41.3 Å². The van der Waals surface area contributed by atoms with Crippen molar-refractivity contribution in [2.24, 2.45) is 5.92 Å². The van der Waals surface area contributed by atoms with Gasteiger partial charge in [-0.1, -0.05) is 50.5 Å². The topological polar surface area (TPSA) is 62.3 Å². The minimum absolute atomic E-state index is 0.0791. The summed E-state index contributed by atoms with van der Waals surface area (Å²) in [4.78, 5) is 31.6. The molecule has 2 heterocycles. The SMILES string of the molecule is CCCCCCNC(=O)[C@H]1CCCN(C(=O)c2ccc3ccccc3n2)C1. The average Bonchev–Trinajstić information content (AvgIpc) is 2.72. The Balaban J connectivity index is 1.57. The third-order valence-corrected chi connectivity index (χ3v) is 5.23. The molecule has 0 saturated carbocycles. The van der Waals surface area contributed by atoms with Crippen LogP contribution in [0.2, 0.25) is 0 Å². The zero-order chi connectivity index (χ0) is 19.1. The fourth-order valence-corrected chi connectivity index (χ4v) is 3.63. The quantitative estimate of drug-likeness (QED) is 0.758. The molecule has 2 aromatic rings. The Kier molecular flexibility index (Phi) is 6.80. The summed E-state index contributed by atoms with van der Waals surface area (Å²) in [6.45, 7) is 4.08. The zero-order valence-electron chi connectivity index (χ0n) is 16.1. The molecule has 3 rings (SSSR count). The molecule has 1 fully saturated rings. The van der Waals surface area contributed by atoms with Gasteiger partial charge in [-0.25, -0.2) is 4.98 Å². The number of carbonyl (C=O) groups is 2. The van der Waals surface area contributed by atoms with Gasteiger partial charge < -0.3 is 10.2 Å². The molecule has 0 aliphatic carbocycles. The van der Waals surface area contributed by atoms with Crippen molar-refractivity contribution in [2.75, 3.05) is 19.6 Å². The number of fused-ring (bicyclic) bond motifs is 1. The second kappa shape index (κ2) is 9.49. The van der Waals surface area contributed by atoms with Crippen molar-refractivity contribution < 1.29 is 9.59 Å². The second-order valence-electron chi connectivity index (χ2n) is 7.33. The van der Waals surface area contributed by atoms with Gasteiger partial charge in [0.1, 0.15) is 5.69 Å². The molecular formula is C22H29N3O2. The van der Waals surface area contributed by atoms with E-state index in [-0.39, 0.29) is 17.7 Å². The molecule has 0 bridgehead atoms. The maximum atomic E-state index is 12.9. The van der Waals surface area contributed by atoms with Gasteiger partial charge in [0.05, 0.1) is 11.4 Å². The number of aromatic nitrogens is 1. The van der Waals surface area contributed by atoms with E-state index in [1.807, 2.05) is 30.3 Å². The van der Waals surface area contributed by atoms with E-state index in [0.29, 0.717) is 18.8 Å². The third-order valence-electron chi connectivity index (χ3n) is 5.23. The molecule has 5 heteroatoms. The molecule has 2 amide bonds. The predicted molar refractivity (Wildman–Crippen MR) is 108 cm³/mol. The maximum Gasteiger partial charge on any atom is 0.272 e. The van der Waals surface area contributed by atoms with Crippen molar-refractivity contribution in [3.63, 3.8) is 0 Å². The highest BCUT2D eigenvalue weighted by molar-refractivity contribution is 5.95. The van der Waals surface area contributed by atoms with Crippen molar-refractivity contribution in [3.8, 4) is 0 Å². The lowest BCUT2D eigenvalue weighted by atomic mass is 9.96. The molecule has 1 aliphatic rings. The minimum atomic E-state index is -0.116. The van der Waals surface area contributed by atoms with Crippen LogP contribution in [0.15, 0.2) is 36.4 Å². The van der Waals surface area contributed by atoms with Crippen LogP contribution in [0, 0.1) is 5.92 Å². The summed E-state index contributed by atoms with van der Waals surface area (Å²) in [7, 11) is 0. The fraction of sp³-hybridized carbons (Fsp3) is 0.500. The molecule has 144 valence electrons. The number of carbonyl (C=O) groups excluding carboxylic acids is 2. The number of para-hydroxylation sites is 1. The van der Waals surface area contributed by atoms with Gasteiger partial charge in [-0.2, -0.15) is 0 Å². The molecule has 5 nitrogen and oxygen atoms in total. The Morgan fingerprint density at radius 3 is 2.85 bits per heavy atom. The van der Waals surface area contributed by atoms with E-state index in [0.717, 1.165) is 43.1 Å². The van der Waals surface area contributed by atoms with Crippen molar-refractivity contribution >= 4 is 22.7 Å². The number of hydrogen-bond donors (Lipinski definition) is 1. The first-order valence-corrected chi connectivity index (χ1v) is 10.1. The maximum absolute atomic E-state index is 12.9. The van der Waals surface area contributed by atoms with Crippen LogP contribution in [0.5, 0.6) is 0 Å². The summed E-state index contributed by atoms with van der Waals surface area (Å²) in [6, 6.07) is 11.5. The number of nitrogens with zero attached hydrogens (tertiary/aromatic N) is 2. The molecule has 27 heavy (non-hydrogen) atoms. The monoisotopic (exact) mass is 367 g/mol. The Bertz CT molecular complexity index is 790. The summed E-state index contributed by atoms with van der Waals surface area (Å²) in [5, 5.41) is 4.06. The lowest BCUT2D eigenvalue weighted by molar-refractivity contribution is -0.126. The van der Waals surface area contributed by atoms with Gasteiger partial charge in [-0.3, -0.25) is 9.59 Å². The molecule has 0 spiro atoms. The lowest BCUT2D eigenvalue weighted by Gasteiger charge is -2.32. The van der Waals surface area contributed by atoms with Gasteiger partial charge in [0.15, 0.2) is 0 Å². The summed E-state index contributed by atoms with van der Waals surface area (Å²) in [6.07, 6.45) is 6.27. The highest BCUT2D eigenvalue weighted by Crippen LogP contribution is 2.20. The number of pyridine rings is 1. The molecule has 0 unspecified atom stereocenters. The van der Waals surface area contributed by atoms with Gasteiger partial charge in [-0.15, -0.1) is 0 Å². The van der Waals surface area contributed by atoms with Crippen molar-refractivity contribution in [1.29, 1.82) is 0 Å². The van der Waals surface area contributed by atoms with Crippen LogP contribution in [0.3, 0.4) is 0 Å². The van der Waals surface area contributed by atoms with E-state index in [2.05, 4.69) is 17.2 Å². The molecule has 1 aliphatic heterocycles. The number of piperidine rings is 1. The number of amides is 2. The zero-order valence-corrected chi connectivity index (χ0v) is 16.1. The van der Waals surface area contributed by atoms with E-state index in [1.54, 1.807) is 11.0 Å². The Morgan fingerprint density at radius 2 is 2.00 bits per heavy atom. The summed E-state index contributed by atoms with van der Waals surface area (Å²) < 4.78 is 0. The van der Waals surface area contributed by atoms with Gasteiger partial charge in [0.2, 0.25) is 5.91 Å². The molecule has 0 radical (unpaired) electrons. The summed E-state index contributed by atoms with van der Waals surface area (Å²) in [5.74, 6) is -0.119. The number of likely N-dealkylation sites (tertiary alicyclic amines) is 1. The van der Waals surface area contributed by atoms with Crippen LogP contribution in [0.4, 0.5) is 0 Å². The van der Waals surface area contributed by atoms with Crippen LogP contribution in [0.25, 0.3) is 10.9 Å². The molecule has 1 saturated heterocycles. The largest absolute Gasteiger partial charge is 0.356 e. The third kappa shape index (κ3) is 5.06. The second-order valence-corrected chi connectivity index (χ2v) is 7.33. The number of unbranched alkanes of at least 4 members (excludes halogenated alkanes) is 3. The van der Waals surface area contributed by atoms with Crippen molar-refractivity contribution in [1.82, 2.24) is 15.2 Å². The van der Waals surface area contributed by atoms with Gasteiger partial charge in [-0.05, 0) is 31.4 Å². The molecule has 1 aromatic carbocycles. The fourth-order valence-electron chi connectivity index (χ4n) is 3.63.